The van der Waals surface area contributed by atoms with Crippen LogP contribution in [0.2, 0.25) is 0 Å². The van der Waals surface area contributed by atoms with Crippen LogP contribution in [0, 0.1) is 6.92 Å². The Morgan fingerprint density at radius 3 is 2.50 bits per heavy atom. The van der Waals surface area contributed by atoms with Crippen molar-refractivity contribution in [3.05, 3.63) is 59.7 Å². The summed E-state index contributed by atoms with van der Waals surface area (Å²) in [4.78, 5) is 28.8. The number of carbonyl (C=O) groups excluding carboxylic acids is 2. The van der Waals surface area contributed by atoms with E-state index in [4.69, 9.17) is 0 Å². The summed E-state index contributed by atoms with van der Waals surface area (Å²) in [5, 5.41) is 5.77. The number of piperazine rings is 1. The number of nitrogens with one attached hydrogen (secondary N) is 2. The zero-order valence-electron chi connectivity index (χ0n) is 18.0. The normalized spacial score (nSPS) is 14.4. The van der Waals surface area contributed by atoms with E-state index in [1.807, 2.05) is 0 Å². The molecule has 160 valence electrons. The largest absolute Gasteiger partial charge is 0.369 e. The van der Waals surface area contributed by atoms with Gasteiger partial charge in [0.2, 0.25) is 5.91 Å². The summed E-state index contributed by atoms with van der Waals surface area (Å²) < 4.78 is 0. The Kier molecular flexibility index (Phi) is 7.85. The molecular formula is C24H32N4O2. The van der Waals surface area contributed by atoms with Crippen LogP contribution in [0.1, 0.15) is 35.7 Å². The first kappa shape index (κ1) is 21.8. The van der Waals surface area contributed by atoms with Crippen LogP contribution in [0.4, 0.5) is 11.4 Å². The van der Waals surface area contributed by atoms with Crippen LogP contribution in [0.3, 0.4) is 0 Å². The molecule has 0 aromatic heterocycles. The van der Waals surface area contributed by atoms with Gasteiger partial charge in [0.1, 0.15) is 0 Å². The van der Waals surface area contributed by atoms with Crippen LogP contribution >= 0.6 is 0 Å². The molecule has 2 amide bonds. The average molecular weight is 409 g/mol. The molecular weight excluding hydrogens is 376 g/mol. The minimum Gasteiger partial charge on any atom is -0.369 e. The molecule has 6 nitrogen and oxygen atoms in total. The standard InChI is InChI=1S/C24H32N4O2/c1-3-23(29)26-21-9-5-8-20(18-21)24(30)25-11-6-12-27-13-15-28(16-14-27)22-10-4-7-19(2)17-22/h4-5,7-10,17-18H,3,6,11-16H2,1-2H3,(H,25,30)(H,26,29). The van der Waals surface area contributed by atoms with Crippen LogP contribution in [0.25, 0.3) is 0 Å². The van der Waals surface area contributed by atoms with Crippen LogP contribution in [0.5, 0.6) is 0 Å². The summed E-state index contributed by atoms with van der Waals surface area (Å²) in [5.74, 6) is -0.165. The van der Waals surface area contributed by atoms with E-state index in [1.165, 1.54) is 11.3 Å². The topological polar surface area (TPSA) is 64.7 Å². The molecule has 3 rings (SSSR count). The average Bonchev–Trinajstić information content (AvgIpc) is 2.77. The van der Waals surface area contributed by atoms with Gasteiger partial charge in [-0.15, -0.1) is 0 Å². The third-order valence-electron chi connectivity index (χ3n) is 5.41. The molecule has 2 aromatic rings. The lowest BCUT2D eigenvalue weighted by Gasteiger charge is -2.36. The van der Waals surface area contributed by atoms with Crippen LogP contribution in [-0.2, 0) is 4.79 Å². The minimum absolute atomic E-state index is 0.0601. The number of hydrogen-bond donors (Lipinski definition) is 2. The van der Waals surface area contributed by atoms with E-state index in [0.29, 0.717) is 24.2 Å². The van der Waals surface area contributed by atoms with Crippen molar-refractivity contribution in [3.63, 3.8) is 0 Å². The van der Waals surface area contributed by atoms with Crippen molar-refractivity contribution in [1.29, 1.82) is 0 Å². The summed E-state index contributed by atoms with van der Waals surface area (Å²) in [5.41, 5.74) is 3.82. The lowest BCUT2D eigenvalue weighted by molar-refractivity contribution is -0.115. The van der Waals surface area contributed by atoms with Crippen LogP contribution in [0.15, 0.2) is 48.5 Å². The molecule has 0 atom stereocenters. The fraction of sp³-hybridized carbons (Fsp3) is 0.417. The Labute approximate surface area is 179 Å². The number of anilines is 2. The van der Waals surface area contributed by atoms with Crippen molar-refractivity contribution in [2.45, 2.75) is 26.7 Å². The van der Waals surface area contributed by atoms with E-state index >= 15 is 0 Å². The van der Waals surface area contributed by atoms with Gasteiger partial charge < -0.3 is 15.5 Å². The van der Waals surface area contributed by atoms with Crippen LogP contribution < -0.4 is 15.5 Å². The van der Waals surface area contributed by atoms with E-state index in [-0.39, 0.29) is 11.8 Å². The molecule has 2 aromatic carbocycles. The molecule has 0 aliphatic carbocycles. The van der Waals surface area contributed by atoms with E-state index in [2.05, 4.69) is 51.6 Å². The highest BCUT2D eigenvalue weighted by atomic mass is 16.2. The molecule has 1 heterocycles. The smallest absolute Gasteiger partial charge is 0.251 e. The SMILES string of the molecule is CCC(=O)Nc1cccc(C(=O)NCCCN2CCN(c3cccc(C)c3)CC2)c1. The number of benzene rings is 2. The fourth-order valence-corrected chi connectivity index (χ4v) is 3.65. The molecule has 6 heteroatoms. The number of carbonyl (C=O) groups is 2. The molecule has 2 N–H and O–H groups in total. The van der Waals surface area contributed by atoms with Crippen molar-refractivity contribution < 1.29 is 9.59 Å². The van der Waals surface area contributed by atoms with E-state index < -0.39 is 0 Å². The second-order valence-electron chi connectivity index (χ2n) is 7.76. The minimum atomic E-state index is -0.105. The second-order valence-corrected chi connectivity index (χ2v) is 7.76. The number of amides is 2. The highest BCUT2D eigenvalue weighted by Crippen LogP contribution is 2.17. The first-order valence-corrected chi connectivity index (χ1v) is 10.8. The van der Waals surface area contributed by atoms with E-state index in [9.17, 15) is 9.59 Å². The maximum absolute atomic E-state index is 12.4. The third-order valence-corrected chi connectivity index (χ3v) is 5.41. The molecule has 1 aliphatic rings. The summed E-state index contributed by atoms with van der Waals surface area (Å²) >= 11 is 0. The number of aryl methyl sites for hydroxylation is 1. The highest BCUT2D eigenvalue weighted by molar-refractivity contribution is 5.97. The van der Waals surface area contributed by atoms with Gasteiger partial charge in [0, 0.05) is 56.1 Å². The van der Waals surface area contributed by atoms with Gasteiger partial charge in [0.05, 0.1) is 0 Å². The van der Waals surface area contributed by atoms with Gasteiger partial charge in [0.15, 0.2) is 0 Å². The molecule has 1 fully saturated rings. The van der Waals surface area contributed by atoms with Gasteiger partial charge >= 0.3 is 0 Å². The quantitative estimate of drug-likeness (QED) is 0.658. The Balaban J connectivity index is 1.37. The first-order valence-electron chi connectivity index (χ1n) is 10.8. The number of hydrogen-bond acceptors (Lipinski definition) is 4. The second kappa shape index (κ2) is 10.8. The zero-order chi connectivity index (χ0) is 21.3. The monoisotopic (exact) mass is 408 g/mol. The maximum Gasteiger partial charge on any atom is 0.251 e. The zero-order valence-corrected chi connectivity index (χ0v) is 18.0. The Morgan fingerprint density at radius 1 is 1.00 bits per heavy atom. The van der Waals surface area contributed by atoms with E-state index in [1.54, 1.807) is 31.2 Å². The Hall–Kier alpha value is -2.86. The first-order chi connectivity index (χ1) is 14.5. The Morgan fingerprint density at radius 2 is 1.77 bits per heavy atom. The van der Waals surface area contributed by atoms with Crippen molar-refractivity contribution >= 4 is 23.2 Å². The fourth-order valence-electron chi connectivity index (χ4n) is 3.65. The van der Waals surface area contributed by atoms with Crippen LogP contribution in [-0.4, -0.2) is 56.0 Å². The Bertz CT molecular complexity index is 860. The lowest BCUT2D eigenvalue weighted by atomic mass is 10.1. The molecule has 0 unspecified atom stereocenters. The van der Waals surface area contributed by atoms with Crippen molar-refractivity contribution in [2.24, 2.45) is 0 Å². The summed E-state index contributed by atoms with van der Waals surface area (Å²) in [6, 6.07) is 15.7. The van der Waals surface area contributed by atoms with Gasteiger partial charge in [0.25, 0.3) is 5.91 Å². The lowest BCUT2D eigenvalue weighted by Crippen LogP contribution is -2.47. The number of nitrogens with zero attached hydrogens (tertiary/aromatic N) is 2. The number of rotatable bonds is 8. The third kappa shape index (κ3) is 6.32. The van der Waals surface area contributed by atoms with Gasteiger partial charge in [-0.3, -0.25) is 14.5 Å². The van der Waals surface area contributed by atoms with Gasteiger partial charge in [-0.25, -0.2) is 0 Å². The molecule has 0 spiro atoms. The highest BCUT2D eigenvalue weighted by Gasteiger charge is 2.17. The maximum atomic E-state index is 12.4. The molecule has 0 radical (unpaired) electrons. The molecule has 0 saturated carbocycles. The van der Waals surface area contributed by atoms with Gasteiger partial charge in [-0.05, 0) is 55.8 Å². The van der Waals surface area contributed by atoms with E-state index in [0.717, 1.165) is 39.1 Å². The predicted octanol–water partition coefficient (Wildman–Crippen LogP) is 3.29. The molecule has 1 saturated heterocycles. The van der Waals surface area contributed by atoms with Gasteiger partial charge in [-0.1, -0.05) is 25.1 Å². The predicted molar refractivity (Wildman–Crippen MR) is 122 cm³/mol. The van der Waals surface area contributed by atoms with Crippen molar-refractivity contribution in [2.75, 3.05) is 49.5 Å². The molecule has 0 bridgehead atoms. The molecule has 30 heavy (non-hydrogen) atoms. The molecule has 1 aliphatic heterocycles. The summed E-state index contributed by atoms with van der Waals surface area (Å²) in [6.45, 7) is 9.71. The summed E-state index contributed by atoms with van der Waals surface area (Å²) in [7, 11) is 0. The summed E-state index contributed by atoms with van der Waals surface area (Å²) in [6.07, 6.45) is 1.33. The van der Waals surface area contributed by atoms with Crippen molar-refractivity contribution in [1.82, 2.24) is 10.2 Å². The van der Waals surface area contributed by atoms with Crippen molar-refractivity contribution in [3.8, 4) is 0 Å². The van der Waals surface area contributed by atoms with Gasteiger partial charge in [-0.2, -0.15) is 0 Å².